The van der Waals surface area contributed by atoms with Crippen LogP contribution in [-0.4, -0.2) is 44.9 Å². The number of methoxy groups -OCH3 is 1. The summed E-state index contributed by atoms with van der Waals surface area (Å²) in [5.41, 5.74) is 1.94. The van der Waals surface area contributed by atoms with Crippen molar-refractivity contribution < 1.29 is 19.1 Å². The van der Waals surface area contributed by atoms with Crippen LogP contribution in [0.3, 0.4) is 0 Å². The van der Waals surface area contributed by atoms with E-state index in [0.29, 0.717) is 13.1 Å². The number of benzene rings is 1. The van der Waals surface area contributed by atoms with Gasteiger partial charge in [-0.25, -0.2) is 4.79 Å². The standard InChI is InChI=1S/C14H18N2O4/c1-10-4-3-5-11(6-10)16-8-12(20-9-13(16)17)7-15-14(18)19-2/h3-6,12H,7-9H2,1-2H3,(H,15,18). The summed E-state index contributed by atoms with van der Waals surface area (Å²) < 4.78 is 9.91. The van der Waals surface area contributed by atoms with Gasteiger partial charge in [-0.3, -0.25) is 4.79 Å². The van der Waals surface area contributed by atoms with Crippen LogP contribution < -0.4 is 10.2 Å². The van der Waals surface area contributed by atoms with Gasteiger partial charge in [0.15, 0.2) is 0 Å². The van der Waals surface area contributed by atoms with E-state index in [4.69, 9.17) is 4.74 Å². The molecule has 0 aliphatic carbocycles. The van der Waals surface area contributed by atoms with E-state index in [9.17, 15) is 9.59 Å². The van der Waals surface area contributed by atoms with Crippen LogP contribution >= 0.6 is 0 Å². The van der Waals surface area contributed by atoms with Crippen molar-refractivity contribution in [1.29, 1.82) is 0 Å². The number of aryl methyl sites for hydroxylation is 1. The maximum absolute atomic E-state index is 11.9. The van der Waals surface area contributed by atoms with Crippen molar-refractivity contribution in [2.45, 2.75) is 13.0 Å². The normalized spacial score (nSPS) is 18.8. The first-order valence-electron chi connectivity index (χ1n) is 6.40. The first-order valence-corrected chi connectivity index (χ1v) is 6.40. The topological polar surface area (TPSA) is 67.9 Å². The number of nitrogens with zero attached hydrogens (tertiary/aromatic N) is 1. The highest BCUT2D eigenvalue weighted by atomic mass is 16.5. The Morgan fingerprint density at radius 2 is 2.35 bits per heavy atom. The van der Waals surface area contributed by atoms with E-state index in [1.165, 1.54) is 7.11 Å². The van der Waals surface area contributed by atoms with Crippen LogP contribution in [0, 0.1) is 6.92 Å². The van der Waals surface area contributed by atoms with Crippen LogP contribution in [0.1, 0.15) is 5.56 Å². The molecule has 1 aromatic carbocycles. The first-order chi connectivity index (χ1) is 9.60. The Morgan fingerprint density at radius 3 is 3.05 bits per heavy atom. The number of hydrogen-bond acceptors (Lipinski definition) is 4. The minimum Gasteiger partial charge on any atom is -0.453 e. The molecule has 1 aliphatic rings. The molecule has 2 amide bonds. The Kier molecular flexibility index (Phi) is 4.57. The summed E-state index contributed by atoms with van der Waals surface area (Å²) in [5, 5.41) is 2.58. The van der Waals surface area contributed by atoms with E-state index in [-0.39, 0.29) is 18.6 Å². The molecule has 1 atom stereocenters. The third-order valence-corrected chi connectivity index (χ3v) is 3.10. The Labute approximate surface area is 117 Å². The van der Waals surface area contributed by atoms with Gasteiger partial charge in [0.1, 0.15) is 6.61 Å². The second-order valence-electron chi connectivity index (χ2n) is 4.65. The summed E-state index contributed by atoms with van der Waals surface area (Å²) >= 11 is 0. The summed E-state index contributed by atoms with van der Waals surface area (Å²) in [5.74, 6) is -0.0788. The fourth-order valence-electron chi connectivity index (χ4n) is 2.06. The van der Waals surface area contributed by atoms with Crippen molar-refractivity contribution in [3.63, 3.8) is 0 Å². The van der Waals surface area contributed by atoms with Gasteiger partial charge in [0, 0.05) is 12.2 Å². The van der Waals surface area contributed by atoms with Crippen LogP contribution in [0.4, 0.5) is 10.5 Å². The molecule has 108 valence electrons. The summed E-state index contributed by atoms with van der Waals surface area (Å²) in [6, 6.07) is 7.73. The number of anilines is 1. The molecule has 0 spiro atoms. The number of morpholine rings is 1. The van der Waals surface area contributed by atoms with Gasteiger partial charge in [-0.05, 0) is 24.6 Å². The summed E-state index contributed by atoms with van der Waals surface area (Å²) in [6.45, 7) is 2.71. The van der Waals surface area contributed by atoms with Crippen LogP contribution in [0.5, 0.6) is 0 Å². The molecule has 1 unspecified atom stereocenters. The largest absolute Gasteiger partial charge is 0.453 e. The average molecular weight is 278 g/mol. The molecule has 0 saturated carbocycles. The van der Waals surface area contributed by atoms with Crippen molar-refractivity contribution in [3.8, 4) is 0 Å². The van der Waals surface area contributed by atoms with E-state index in [1.807, 2.05) is 31.2 Å². The highest BCUT2D eigenvalue weighted by Gasteiger charge is 2.27. The smallest absolute Gasteiger partial charge is 0.406 e. The molecule has 0 aromatic heterocycles. The molecule has 1 aliphatic heterocycles. The highest BCUT2D eigenvalue weighted by Crippen LogP contribution is 2.19. The molecule has 6 heteroatoms. The van der Waals surface area contributed by atoms with E-state index in [2.05, 4.69) is 10.1 Å². The number of ether oxygens (including phenoxy) is 2. The van der Waals surface area contributed by atoms with Crippen molar-refractivity contribution in [3.05, 3.63) is 29.8 Å². The van der Waals surface area contributed by atoms with E-state index in [1.54, 1.807) is 4.90 Å². The Bertz CT molecular complexity index is 504. The van der Waals surface area contributed by atoms with Gasteiger partial charge in [-0.2, -0.15) is 0 Å². The van der Waals surface area contributed by atoms with Crippen molar-refractivity contribution >= 4 is 17.7 Å². The monoisotopic (exact) mass is 278 g/mol. The van der Waals surface area contributed by atoms with Crippen molar-refractivity contribution in [1.82, 2.24) is 5.32 Å². The lowest BCUT2D eigenvalue weighted by molar-refractivity contribution is -0.129. The Morgan fingerprint density at radius 1 is 1.55 bits per heavy atom. The van der Waals surface area contributed by atoms with Crippen LogP contribution in [-0.2, 0) is 14.3 Å². The lowest BCUT2D eigenvalue weighted by Crippen LogP contribution is -2.50. The molecule has 1 heterocycles. The zero-order valence-electron chi connectivity index (χ0n) is 11.6. The van der Waals surface area contributed by atoms with Gasteiger partial charge >= 0.3 is 6.09 Å². The zero-order chi connectivity index (χ0) is 14.5. The quantitative estimate of drug-likeness (QED) is 0.898. The summed E-state index contributed by atoms with van der Waals surface area (Å²) in [6.07, 6.45) is -0.750. The number of carbonyl (C=O) groups is 2. The van der Waals surface area contributed by atoms with Gasteiger partial charge in [-0.1, -0.05) is 12.1 Å². The minimum absolute atomic E-state index is 0.0153. The second-order valence-corrected chi connectivity index (χ2v) is 4.65. The Hall–Kier alpha value is -2.08. The third-order valence-electron chi connectivity index (χ3n) is 3.10. The molecule has 1 fully saturated rings. The molecular formula is C14H18N2O4. The predicted molar refractivity (Wildman–Crippen MR) is 73.7 cm³/mol. The molecule has 0 bridgehead atoms. The highest BCUT2D eigenvalue weighted by molar-refractivity contribution is 5.95. The fourth-order valence-corrected chi connectivity index (χ4v) is 2.06. The zero-order valence-corrected chi connectivity index (χ0v) is 11.6. The predicted octanol–water partition coefficient (Wildman–Crippen LogP) is 1.08. The number of alkyl carbamates (subject to hydrolysis) is 1. The number of carbonyl (C=O) groups excluding carboxylic acids is 2. The summed E-state index contributed by atoms with van der Waals surface area (Å²) in [4.78, 5) is 24.7. The van der Waals surface area contributed by atoms with Gasteiger partial charge in [0.2, 0.25) is 0 Å². The van der Waals surface area contributed by atoms with E-state index < -0.39 is 6.09 Å². The third kappa shape index (κ3) is 3.48. The molecule has 20 heavy (non-hydrogen) atoms. The second kappa shape index (κ2) is 6.38. The average Bonchev–Trinajstić information content (AvgIpc) is 2.46. The number of amides is 2. The molecule has 6 nitrogen and oxygen atoms in total. The van der Waals surface area contributed by atoms with E-state index in [0.717, 1.165) is 11.3 Å². The fraction of sp³-hybridized carbons (Fsp3) is 0.429. The lowest BCUT2D eigenvalue weighted by Gasteiger charge is -2.32. The van der Waals surface area contributed by atoms with Gasteiger partial charge in [-0.15, -0.1) is 0 Å². The summed E-state index contributed by atoms with van der Waals surface area (Å²) in [7, 11) is 1.31. The lowest BCUT2D eigenvalue weighted by atomic mass is 10.1. The molecule has 1 N–H and O–H groups in total. The SMILES string of the molecule is COC(=O)NCC1CN(c2cccc(C)c2)C(=O)CO1. The molecule has 1 saturated heterocycles. The van der Waals surface area contributed by atoms with Crippen LogP contribution in [0.25, 0.3) is 0 Å². The van der Waals surface area contributed by atoms with Gasteiger partial charge in [0.05, 0.1) is 19.8 Å². The molecule has 2 rings (SSSR count). The molecule has 0 radical (unpaired) electrons. The number of rotatable bonds is 3. The number of nitrogens with one attached hydrogen (secondary N) is 1. The maximum atomic E-state index is 11.9. The molecule has 1 aromatic rings. The Balaban J connectivity index is 2.01. The minimum atomic E-state index is -0.507. The van der Waals surface area contributed by atoms with Crippen LogP contribution in [0.15, 0.2) is 24.3 Å². The van der Waals surface area contributed by atoms with E-state index >= 15 is 0 Å². The maximum Gasteiger partial charge on any atom is 0.406 e. The van der Waals surface area contributed by atoms with Crippen LogP contribution in [0.2, 0.25) is 0 Å². The van der Waals surface area contributed by atoms with Gasteiger partial charge < -0.3 is 19.7 Å². The first kappa shape index (κ1) is 14.3. The number of hydrogen-bond donors (Lipinski definition) is 1. The van der Waals surface area contributed by atoms with Crippen molar-refractivity contribution in [2.24, 2.45) is 0 Å². The van der Waals surface area contributed by atoms with Crippen molar-refractivity contribution in [2.75, 3.05) is 31.7 Å². The molecular weight excluding hydrogens is 260 g/mol. The van der Waals surface area contributed by atoms with Gasteiger partial charge in [0.25, 0.3) is 5.91 Å².